The van der Waals surface area contributed by atoms with Crippen molar-refractivity contribution in [2.45, 2.75) is 67.5 Å². The minimum absolute atomic E-state index is 0.0191. The lowest BCUT2D eigenvalue weighted by molar-refractivity contribution is -0.415. The van der Waals surface area contributed by atoms with Crippen LogP contribution in [-0.2, 0) is 19.8 Å². The fourth-order valence-electron chi connectivity index (χ4n) is 3.86. The van der Waals surface area contributed by atoms with Gasteiger partial charge in [-0.3, -0.25) is 5.73 Å². The standard InChI is InChI=1S/C19H29NO11/c1-8-2-4-9(5-3-8)18(27)16(26)15(11(7-22)31-19(18,20)28)30-17-14(25)13(24)12(23)10(6-21)29-17/h2-5,10-17,21-28H,6-7,20H2,1H3/t10-,11-,12?,13?,14?,15-,16+,17?,18-,19?/m1/s1. The number of rotatable bonds is 5. The SMILES string of the molecule is Cc1ccc([C@@]2(O)[C@@H](O)[C@H](OC3O[C@H](CO)C(O)C(O)C3O)[C@@H](CO)OC2(N)O)cc1. The van der Waals surface area contributed by atoms with Gasteiger partial charge in [0.15, 0.2) is 11.9 Å². The number of aliphatic hydroxyl groups excluding tert-OH is 6. The summed E-state index contributed by atoms with van der Waals surface area (Å²) >= 11 is 0. The van der Waals surface area contributed by atoms with Crippen LogP contribution in [0, 0.1) is 6.92 Å². The van der Waals surface area contributed by atoms with Gasteiger partial charge in [0.05, 0.1) is 13.2 Å². The molecule has 31 heavy (non-hydrogen) atoms. The minimum Gasteiger partial charge on any atom is -0.394 e. The van der Waals surface area contributed by atoms with Crippen LogP contribution in [0.25, 0.3) is 0 Å². The molecule has 3 rings (SSSR count). The number of aliphatic hydroxyl groups is 8. The van der Waals surface area contributed by atoms with Gasteiger partial charge < -0.3 is 55.1 Å². The Morgan fingerprint density at radius 3 is 2.06 bits per heavy atom. The second-order valence-corrected chi connectivity index (χ2v) is 7.91. The van der Waals surface area contributed by atoms with Gasteiger partial charge in [-0.1, -0.05) is 29.8 Å². The molecule has 10 N–H and O–H groups in total. The van der Waals surface area contributed by atoms with Crippen molar-refractivity contribution in [1.82, 2.24) is 0 Å². The zero-order valence-corrected chi connectivity index (χ0v) is 16.7. The first kappa shape index (κ1) is 24.4. The van der Waals surface area contributed by atoms with Gasteiger partial charge in [-0.05, 0) is 12.5 Å². The van der Waals surface area contributed by atoms with E-state index in [1.807, 2.05) is 0 Å². The van der Waals surface area contributed by atoms with E-state index in [0.717, 1.165) is 5.56 Å². The van der Waals surface area contributed by atoms with Gasteiger partial charge in [0, 0.05) is 0 Å². The van der Waals surface area contributed by atoms with Crippen molar-refractivity contribution < 1.29 is 55.1 Å². The largest absolute Gasteiger partial charge is 0.394 e. The second-order valence-electron chi connectivity index (χ2n) is 7.91. The number of aryl methyl sites for hydroxylation is 1. The predicted molar refractivity (Wildman–Crippen MR) is 101 cm³/mol. The summed E-state index contributed by atoms with van der Waals surface area (Å²) in [6.07, 6.45) is -13.3. The van der Waals surface area contributed by atoms with Crippen LogP contribution in [0.2, 0.25) is 0 Å². The highest BCUT2D eigenvalue weighted by molar-refractivity contribution is 5.31. The maximum Gasteiger partial charge on any atom is 0.260 e. The van der Waals surface area contributed by atoms with Crippen LogP contribution in [0.15, 0.2) is 24.3 Å². The fourth-order valence-corrected chi connectivity index (χ4v) is 3.86. The molecule has 2 saturated heterocycles. The Bertz CT molecular complexity index is 745. The highest BCUT2D eigenvalue weighted by Gasteiger charge is 2.64. The van der Waals surface area contributed by atoms with E-state index in [1.54, 1.807) is 19.1 Å². The number of benzene rings is 1. The first-order valence-electron chi connectivity index (χ1n) is 9.71. The third-order valence-corrected chi connectivity index (χ3v) is 5.79. The molecule has 12 heteroatoms. The Kier molecular flexibility index (Phi) is 7.03. The van der Waals surface area contributed by atoms with Crippen LogP contribution in [0.5, 0.6) is 0 Å². The van der Waals surface area contributed by atoms with E-state index in [1.165, 1.54) is 12.1 Å². The number of nitrogens with two attached hydrogens (primary N) is 1. The molecule has 5 unspecified atom stereocenters. The highest BCUT2D eigenvalue weighted by Crippen LogP contribution is 2.43. The van der Waals surface area contributed by atoms with E-state index in [0.29, 0.717) is 0 Å². The van der Waals surface area contributed by atoms with Crippen LogP contribution in [0.3, 0.4) is 0 Å². The Balaban J connectivity index is 1.94. The molecular weight excluding hydrogens is 418 g/mol. The zero-order chi connectivity index (χ0) is 23.1. The summed E-state index contributed by atoms with van der Waals surface area (Å²) in [5.74, 6) is -2.84. The molecule has 0 radical (unpaired) electrons. The van der Waals surface area contributed by atoms with Gasteiger partial charge in [0.2, 0.25) is 0 Å². The molecule has 0 aromatic heterocycles. The molecular formula is C19H29NO11. The normalized spacial score (nSPS) is 46.1. The summed E-state index contributed by atoms with van der Waals surface area (Å²) in [5, 5.41) is 81.9. The van der Waals surface area contributed by atoms with Gasteiger partial charge >= 0.3 is 0 Å². The van der Waals surface area contributed by atoms with E-state index in [4.69, 9.17) is 19.9 Å². The summed E-state index contributed by atoms with van der Waals surface area (Å²) in [4.78, 5) is 0. The molecule has 1 aromatic carbocycles. The monoisotopic (exact) mass is 447 g/mol. The lowest BCUT2D eigenvalue weighted by atomic mass is 9.78. The summed E-state index contributed by atoms with van der Waals surface area (Å²) in [6.45, 7) is 0.250. The Labute approximate surface area is 177 Å². The topological polar surface area (TPSA) is 216 Å². The molecule has 2 heterocycles. The number of hydrogen-bond donors (Lipinski definition) is 9. The maximum atomic E-state index is 11.3. The summed E-state index contributed by atoms with van der Waals surface area (Å²) in [7, 11) is 0. The zero-order valence-electron chi connectivity index (χ0n) is 16.7. The van der Waals surface area contributed by atoms with Crippen molar-refractivity contribution >= 4 is 0 Å². The number of hydrogen-bond acceptors (Lipinski definition) is 12. The van der Waals surface area contributed by atoms with E-state index in [2.05, 4.69) is 0 Å². The lowest BCUT2D eigenvalue weighted by Crippen LogP contribution is -2.75. The molecule has 1 aromatic rings. The van der Waals surface area contributed by atoms with Crippen LogP contribution in [-0.4, -0.2) is 109 Å². The smallest absolute Gasteiger partial charge is 0.260 e. The van der Waals surface area contributed by atoms with Crippen LogP contribution in [0.4, 0.5) is 0 Å². The van der Waals surface area contributed by atoms with Crippen LogP contribution < -0.4 is 5.73 Å². The van der Waals surface area contributed by atoms with Crippen molar-refractivity contribution in [3.8, 4) is 0 Å². The molecule has 0 saturated carbocycles. The summed E-state index contributed by atoms with van der Waals surface area (Å²) < 4.78 is 16.0. The molecule has 176 valence electrons. The van der Waals surface area contributed by atoms with E-state index >= 15 is 0 Å². The first-order valence-corrected chi connectivity index (χ1v) is 9.71. The third-order valence-electron chi connectivity index (χ3n) is 5.79. The maximum absolute atomic E-state index is 11.3. The number of ether oxygens (including phenoxy) is 3. The molecule has 10 atom stereocenters. The van der Waals surface area contributed by atoms with E-state index < -0.39 is 73.7 Å². The van der Waals surface area contributed by atoms with Crippen molar-refractivity contribution in [2.24, 2.45) is 5.73 Å². The van der Waals surface area contributed by atoms with Crippen molar-refractivity contribution in [2.75, 3.05) is 13.2 Å². The van der Waals surface area contributed by atoms with Crippen LogP contribution in [0.1, 0.15) is 11.1 Å². The molecule has 2 aliphatic heterocycles. The third kappa shape index (κ3) is 4.11. The lowest BCUT2D eigenvalue weighted by Gasteiger charge is -2.53. The fraction of sp³-hybridized carbons (Fsp3) is 0.684. The predicted octanol–water partition coefficient (Wildman–Crippen LogP) is -4.28. The van der Waals surface area contributed by atoms with Gasteiger partial charge in [0.1, 0.15) is 42.7 Å². The first-order chi connectivity index (χ1) is 14.5. The summed E-state index contributed by atoms with van der Waals surface area (Å²) in [6, 6.07) is 6.01. The molecule has 2 aliphatic rings. The molecule has 2 fully saturated rings. The average Bonchev–Trinajstić information content (AvgIpc) is 2.74. The van der Waals surface area contributed by atoms with Gasteiger partial charge in [0.25, 0.3) is 5.91 Å². The van der Waals surface area contributed by atoms with Gasteiger partial charge in [-0.15, -0.1) is 0 Å². The Morgan fingerprint density at radius 2 is 1.52 bits per heavy atom. The van der Waals surface area contributed by atoms with Crippen LogP contribution >= 0.6 is 0 Å². The van der Waals surface area contributed by atoms with E-state index in [9.17, 15) is 40.9 Å². The average molecular weight is 447 g/mol. The molecule has 0 amide bonds. The molecule has 0 aliphatic carbocycles. The van der Waals surface area contributed by atoms with Gasteiger partial charge in [-0.25, -0.2) is 0 Å². The molecule has 0 spiro atoms. The Morgan fingerprint density at radius 1 is 0.935 bits per heavy atom. The summed E-state index contributed by atoms with van der Waals surface area (Å²) in [5.41, 5.74) is 3.93. The van der Waals surface area contributed by atoms with Gasteiger partial charge in [-0.2, -0.15) is 0 Å². The van der Waals surface area contributed by atoms with Crippen molar-refractivity contribution in [1.29, 1.82) is 0 Å². The minimum atomic E-state index is -2.84. The van der Waals surface area contributed by atoms with Crippen molar-refractivity contribution in [3.63, 3.8) is 0 Å². The van der Waals surface area contributed by atoms with Crippen molar-refractivity contribution in [3.05, 3.63) is 35.4 Å². The van der Waals surface area contributed by atoms with E-state index in [-0.39, 0.29) is 5.56 Å². The highest BCUT2D eigenvalue weighted by atomic mass is 16.7. The Hall–Kier alpha value is -1.26. The quantitative estimate of drug-likeness (QED) is 0.196. The molecule has 0 bridgehead atoms. The second kappa shape index (κ2) is 8.94. The molecule has 12 nitrogen and oxygen atoms in total.